The minimum atomic E-state index is 0.217. The number of thiazole rings is 1. The molecule has 0 spiro atoms. The third kappa shape index (κ3) is 4.85. The number of thioether (sulfide) groups is 1. The van der Waals surface area contributed by atoms with E-state index in [0.717, 1.165) is 17.9 Å². The van der Waals surface area contributed by atoms with Gasteiger partial charge in [-0.2, -0.15) is 11.8 Å². The van der Waals surface area contributed by atoms with Gasteiger partial charge in [-0.25, -0.2) is 4.98 Å². The minimum Gasteiger partial charge on any atom is -0.327 e. The first-order chi connectivity index (χ1) is 7.28. The third-order valence-corrected chi connectivity index (χ3v) is 4.80. The molecule has 4 heteroatoms. The van der Waals surface area contributed by atoms with E-state index in [1.54, 1.807) is 11.3 Å². The van der Waals surface area contributed by atoms with Gasteiger partial charge in [-0.05, 0) is 13.8 Å². The molecule has 0 radical (unpaired) electrons. The third-order valence-electron chi connectivity index (χ3n) is 2.24. The summed E-state index contributed by atoms with van der Waals surface area (Å²) in [4.78, 5) is 5.83. The molecule has 2 nitrogen and oxygen atoms in total. The number of aromatic nitrogens is 1. The highest BCUT2D eigenvalue weighted by Crippen LogP contribution is 2.24. The Morgan fingerprint density at radius 1 is 1.38 bits per heavy atom. The number of rotatable bonds is 4. The highest BCUT2D eigenvalue weighted by molar-refractivity contribution is 8.00. The van der Waals surface area contributed by atoms with Gasteiger partial charge in [0.05, 0.1) is 10.7 Å². The molecule has 1 heterocycles. The molecule has 0 aliphatic rings. The summed E-state index contributed by atoms with van der Waals surface area (Å²) in [6, 6.07) is 0.217. The summed E-state index contributed by atoms with van der Waals surface area (Å²) in [5.74, 6) is 1.00. The zero-order valence-corrected chi connectivity index (χ0v) is 12.5. The lowest BCUT2D eigenvalue weighted by molar-refractivity contribution is 0.729. The smallest absolute Gasteiger partial charge is 0.0946 e. The van der Waals surface area contributed by atoms with E-state index in [0.29, 0.717) is 4.75 Å². The second-order valence-corrected chi connectivity index (χ2v) is 8.27. The lowest BCUT2D eigenvalue weighted by Crippen LogP contribution is -2.27. The highest BCUT2D eigenvalue weighted by atomic mass is 32.2. The van der Waals surface area contributed by atoms with E-state index in [2.05, 4.69) is 39.6 Å². The number of nitrogens with two attached hydrogens (primary N) is 1. The van der Waals surface area contributed by atoms with Crippen molar-refractivity contribution in [2.75, 3.05) is 5.75 Å². The Kier molecular flexibility index (Phi) is 4.83. The van der Waals surface area contributed by atoms with Crippen molar-refractivity contribution in [2.45, 2.75) is 51.8 Å². The van der Waals surface area contributed by atoms with Gasteiger partial charge >= 0.3 is 0 Å². The predicted octanol–water partition coefficient (Wildman–Crippen LogP) is 3.16. The molecule has 16 heavy (non-hydrogen) atoms. The molecule has 1 aromatic rings. The first-order valence-electron chi connectivity index (χ1n) is 5.60. The molecule has 0 bridgehead atoms. The van der Waals surface area contributed by atoms with Gasteiger partial charge in [0.25, 0.3) is 0 Å². The lowest BCUT2D eigenvalue weighted by Gasteiger charge is -2.20. The van der Waals surface area contributed by atoms with Crippen molar-refractivity contribution in [3.05, 3.63) is 15.6 Å². The molecule has 1 rings (SSSR count). The van der Waals surface area contributed by atoms with Crippen LogP contribution in [0.4, 0.5) is 0 Å². The molecule has 0 saturated carbocycles. The monoisotopic (exact) mass is 258 g/mol. The van der Waals surface area contributed by atoms with E-state index in [4.69, 9.17) is 5.73 Å². The number of hydrogen-bond acceptors (Lipinski definition) is 4. The fourth-order valence-electron chi connectivity index (χ4n) is 1.27. The standard InChI is InChI=1S/C12H22N2S2/c1-8-9(2)16-11(14-8)6-10(13)7-15-12(3,4)5/h10H,6-7,13H2,1-5H3. The van der Waals surface area contributed by atoms with E-state index in [9.17, 15) is 0 Å². The zero-order chi connectivity index (χ0) is 12.3. The molecule has 1 unspecified atom stereocenters. The van der Waals surface area contributed by atoms with Crippen molar-refractivity contribution < 1.29 is 0 Å². The summed E-state index contributed by atoms with van der Waals surface area (Å²) >= 11 is 3.70. The maximum absolute atomic E-state index is 6.12. The van der Waals surface area contributed by atoms with Crippen LogP contribution in [0.5, 0.6) is 0 Å². The Labute approximate surface area is 107 Å². The van der Waals surface area contributed by atoms with Crippen LogP contribution >= 0.6 is 23.1 Å². The summed E-state index contributed by atoms with van der Waals surface area (Å²) in [6.07, 6.45) is 0.905. The molecule has 0 amide bonds. The van der Waals surface area contributed by atoms with Crippen molar-refractivity contribution in [1.82, 2.24) is 4.98 Å². The average molecular weight is 258 g/mol. The van der Waals surface area contributed by atoms with Crippen LogP contribution < -0.4 is 5.73 Å². The molecular weight excluding hydrogens is 236 g/mol. The zero-order valence-electron chi connectivity index (χ0n) is 10.8. The van der Waals surface area contributed by atoms with Crippen LogP contribution in [0.3, 0.4) is 0 Å². The van der Waals surface area contributed by atoms with Gasteiger partial charge < -0.3 is 5.73 Å². The molecule has 0 saturated heterocycles. The number of hydrogen-bond donors (Lipinski definition) is 1. The molecular formula is C12H22N2S2. The van der Waals surface area contributed by atoms with Crippen LogP contribution in [0, 0.1) is 13.8 Å². The summed E-state index contributed by atoms with van der Waals surface area (Å²) in [5, 5.41) is 1.18. The van der Waals surface area contributed by atoms with Crippen molar-refractivity contribution in [2.24, 2.45) is 5.73 Å². The van der Waals surface area contributed by atoms with Crippen LogP contribution in [0.25, 0.3) is 0 Å². The minimum absolute atomic E-state index is 0.217. The van der Waals surface area contributed by atoms with Gasteiger partial charge in [0, 0.05) is 27.8 Å². The van der Waals surface area contributed by atoms with Gasteiger partial charge in [0.2, 0.25) is 0 Å². The lowest BCUT2D eigenvalue weighted by atomic mass is 10.2. The summed E-state index contributed by atoms with van der Waals surface area (Å²) in [5.41, 5.74) is 7.27. The normalized spacial score (nSPS) is 14.1. The number of aryl methyl sites for hydroxylation is 2. The van der Waals surface area contributed by atoms with Gasteiger partial charge in [-0.15, -0.1) is 11.3 Å². The second-order valence-electron chi connectivity index (χ2n) is 5.14. The molecule has 0 aliphatic carbocycles. The first-order valence-corrected chi connectivity index (χ1v) is 7.40. The summed E-state index contributed by atoms with van der Waals surface area (Å²) < 4.78 is 0.298. The van der Waals surface area contributed by atoms with Crippen LogP contribution in [0.1, 0.15) is 36.3 Å². The highest BCUT2D eigenvalue weighted by Gasteiger charge is 2.15. The van der Waals surface area contributed by atoms with Crippen molar-refractivity contribution in [3.63, 3.8) is 0 Å². The fraction of sp³-hybridized carbons (Fsp3) is 0.750. The average Bonchev–Trinajstić information content (AvgIpc) is 2.41. The Hall–Kier alpha value is -0.0600. The summed E-state index contributed by atoms with van der Waals surface area (Å²) in [6.45, 7) is 10.9. The largest absolute Gasteiger partial charge is 0.327 e. The van der Waals surface area contributed by atoms with E-state index >= 15 is 0 Å². The molecule has 0 fully saturated rings. The van der Waals surface area contributed by atoms with Gasteiger partial charge in [0.15, 0.2) is 0 Å². The predicted molar refractivity (Wildman–Crippen MR) is 75.5 cm³/mol. The molecule has 2 N–H and O–H groups in total. The van der Waals surface area contributed by atoms with Crippen molar-refractivity contribution >= 4 is 23.1 Å². The Bertz CT molecular complexity index is 320. The first kappa shape index (κ1) is 14.0. The Morgan fingerprint density at radius 3 is 2.44 bits per heavy atom. The molecule has 0 aliphatic heterocycles. The molecule has 92 valence electrons. The van der Waals surface area contributed by atoms with Crippen molar-refractivity contribution in [1.29, 1.82) is 0 Å². The molecule has 1 atom stereocenters. The number of nitrogens with zero attached hydrogens (tertiary/aromatic N) is 1. The van der Waals surface area contributed by atoms with E-state index in [-0.39, 0.29) is 6.04 Å². The van der Waals surface area contributed by atoms with Crippen LogP contribution in [0.15, 0.2) is 0 Å². The van der Waals surface area contributed by atoms with E-state index in [1.165, 1.54) is 9.88 Å². The van der Waals surface area contributed by atoms with Crippen LogP contribution in [0.2, 0.25) is 0 Å². The maximum Gasteiger partial charge on any atom is 0.0946 e. The van der Waals surface area contributed by atoms with Crippen molar-refractivity contribution in [3.8, 4) is 0 Å². The molecule has 0 aromatic carbocycles. The van der Waals surface area contributed by atoms with Crippen LogP contribution in [-0.2, 0) is 6.42 Å². The van der Waals surface area contributed by atoms with E-state index in [1.807, 2.05) is 11.8 Å². The fourth-order valence-corrected chi connectivity index (χ4v) is 3.13. The topological polar surface area (TPSA) is 38.9 Å². The van der Waals surface area contributed by atoms with Crippen LogP contribution in [-0.4, -0.2) is 21.5 Å². The van der Waals surface area contributed by atoms with Gasteiger partial charge in [-0.1, -0.05) is 20.8 Å². The molecule has 1 aromatic heterocycles. The van der Waals surface area contributed by atoms with E-state index < -0.39 is 0 Å². The van der Waals surface area contributed by atoms with Gasteiger partial charge in [-0.3, -0.25) is 0 Å². The summed E-state index contributed by atoms with van der Waals surface area (Å²) in [7, 11) is 0. The second kappa shape index (κ2) is 5.52. The SMILES string of the molecule is Cc1nc(CC(N)CSC(C)(C)C)sc1C. The Balaban J connectivity index is 2.42. The maximum atomic E-state index is 6.12. The quantitative estimate of drug-likeness (QED) is 0.901. The Morgan fingerprint density at radius 2 is 2.00 bits per heavy atom. The van der Waals surface area contributed by atoms with Gasteiger partial charge in [0.1, 0.15) is 0 Å².